The van der Waals surface area contributed by atoms with Gasteiger partial charge in [0.1, 0.15) is 6.29 Å². The predicted molar refractivity (Wildman–Crippen MR) is 46.3 cm³/mol. The highest BCUT2D eigenvalue weighted by molar-refractivity contribution is 5.88. The summed E-state index contributed by atoms with van der Waals surface area (Å²) >= 11 is 0. The molecule has 14 heavy (non-hydrogen) atoms. The van der Waals surface area contributed by atoms with Crippen molar-refractivity contribution >= 4 is 18.3 Å². The summed E-state index contributed by atoms with van der Waals surface area (Å²) in [6.45, 7) is 0. The zero-order valence-electron chi connectivity index (χ0n) is 6.98. The third-order valence-corrected chi connectivity index (χ3v) is 1.45. The molecule has 0 aliphatic carbocycles. The van der Waals surface area contributed by atoms with Crippen LogP contribution >= 0.6 is 0 Å². The van der Waals surface area contributed by atoms with Gasteiger partial charge in [0, 0.05) is 0 Å². The Bertz CT molecular complexity index is 401. The Balaban J connectivity index is 3.12. The number of hydrogen-bond acceptors (Lipinski definition) is 3. The average Bonchev–Trinajstić information content (AvgIpc) is 2.16. The van der Waals surface area contributed by atoms with Crippen molar-refractivity contribution in [2.75, 3.05) is 0 Å². The summed E-state index contributed by atoms with van der Waals surface area (Å²) in [6.07, 6.45) is 3.75. The molecule has 0 amide bonds. The van der Waals surface area contributed by atoms with E-state index >= 15 is 0 Å². The van der Waals surface area contributed by atoms with E-state index in [1.807, 2.05) is 0 Å². The van der Waals surface area contributed by atoms with Crippen LogP contribution in [-0.2, 0) is 4.79 Å². The topological polar surface area (TPSA) is 67.3 Å². The van der Waals surface area contributed by atoms with E-state index in [1.165, 1.54) is 6.08 Å². The number of carboxylic acid groups (broad SMARTS) is 1. The van der Waals surface area contributed by atoms with Crippen molar-refractivity contribution in [3.8, 4) is 0 Å². The molecule has 0 fully saturated rings. The van der Waals surface area contributed by atoms with Gasteiger partial charge in [0.2, 0.25) is 0 Å². The maximum atomic E-state index is 12.8. The van der Waals surface area contributed by atoms with Crippen molar-refractivity contribution in [1.82, 2.24) is 4.98 Å². The standard InChI is InChI=1S/C9H6FNO3/c10-8-5-11-6(2-1-3-12)4-7(8)9(13)14/h1-5H,(H,13,14). The molecule has 1 aromatic rings. The molecule has 1 heterocycles. The van der Waals surface area contributed by atoms with Crippen LogP contribution < -0.4 is 0 Å². The van der Waals surface area contributed by atoms with Crippen LogP contribution in [0.2, 0.25) is 0 Å². The Labute approximate surface area is 78.7 Å². The molecule has 0 bridgehead atoms. The summed E-state index contributed by atoms with van der Waals surface area (Å²) in [5, 5.41) is 8.55. The number of nitrogens with zero attached hydrogens (tertiary/aromatic N) is 1. The molecule has 0 saturated heterocycles. The predicted octanol–water partition coefficient (Wildman–Crippen LogP) is 1.13. The van der Waals surface area contributed by atoms with Crippen molar-refractivity contribution in [3.63, 3.8) is 0 Å². The van der Waals surface area contributed by atoms with Crippen LogP contribution in [0, 0.1) is 5.82 Å². The van der Waals surface area contributed by atoms with Crippen LogP contribution in [-0.4, -0.2) is 22.3 Å². The van der Waals surface area contributed by atoms with Crippen LogP contribution in [0.4, 0.5) is 4.39 Å². The molecule has 0 atom stereocenters. The molecule has 1 N–H and O–H groups in total. The lowest BCUT2D eigenvalue weighted by Gasteiger charge is -1.97. The highest BCUT2D eigenvalue weighted by Gasteiger charge is 2.10. The largest absolute Gasteiger partial charge is 0.478 e. The number of carbonyl (C=O) groups excluding carboxylic acids is 1. The van der Waals surface area contributed by atoms with Gasteiger partial charge in [-0.15, -0.1) is 0 Å². The number of carboxylic acids is 1. The van der Waals surface area contributed by atoms with Gasteiger partial charge in [-0.2, -0.15) is 0 Å². The molecule has 0 aromatic carbocycles. The summed E-state index contributed by atoms with van der Waals surface area (Å²) in [6, 6.07) is 1.05. The molecule has 0 radical (unpaired) electrons. The number of hydrogen-bond donors (Lipinski definition) is 1. The number of pyridine rings is 1. The van der Waals surface area contributed by atoms with E-state index in [9.17, 15) is 14.0 Å². The van der Waals surface area contributed by atoms with E-state index in [1.54, 1.807) is 0 Å². The first kappa shape index (κ1) is 10.0. The van der Waals surface area contributed by atoms with Gasteiger partial charge < -0.3 is 5.11 Å². The fourth-order valence-corrected chi connectivity index (χ4v) is 0.848. The quantitative estimate of drug-likeness (QED) is 0.579. The van der Waals surface area contributed by atoms with Gasteiger partial charge in [-0.25, -0.2) is 9.18 Å². The maximum Gasteiger partial charge on any atom is 0.338 e. The molecule has 4 nitrogen and oxygen atoms in total. The third kappa shape index (κ3) is 2.22. The molecule has 0 unspecified atom stereocenters. The average molecular weight is 195 g/mol. The lowest BCUT2D eigenvalue weighted by Crippen LogP contribution is -2.01. The lowest BCUT2D eigenvalue weighted by molar-refractivity contribution is -0.104. The van der Waals surface area contributed by atoms with Gasteiger partial charge in [-0.05, 0) is 18.2 Å². The first-order valence-electron chi connectivity index (χ1n) is 3.66. The monoisotopic (exact) mass is 195 g/mol. The summed E-state index contributed by atoms with van der Waals surface area (Å²) in [5.41, 5.74) is -0.249. The summed E-state index contributed by atoms with van der Waals surface area (Å²) in [4.78, 5) is 24.0. The van der Waals surface area contributed by atoms with E-state index in [-0.39, 0.29) is 5.69 Å². The fourth-order valence-electron chi connectivity index (χ4n) is 0.848. The second-order valence-corrected chi connectivity index (χ2v) is 2.39. The number of rotatable bonds is 3. The normalized spacial score (nSPS) is 10.4. The van der Waals surface area contributed by atoms with E-state index in [0.717, 1.165) is 18.3 Å². The number of allylic oxidation sites excluding steroid dienone is 1. The number of aldehydes is 1. The van der Waals surface area contributed by atoms with Gasteiger partial charge in [0.25, 0.3) is 0 Å². The minimum Gasteiger partial charge on any atom is -0.478 e. The van der Waals surface area contributed by atoms with Crippen LogP contribution in [0.25, 0.3) is 6.08 Å². The van der Waals surface area contributed by atoms with Crippen molar-refractivity contribution in [1.29, 1.82) is 0 Å². The summed E-state index contributed by atoms with van der Waals surface area (Å²) < 4.78 is 12.8. The highest BCUT2D eigenvalue weighted by Crippen LogP contribution is 2.08. The molecule has 1 aromatic heterocycles. The van der Waals surface area contributed by atoms with Crippen LogP contribution in [0.1, 0.15) is 16.1 Å². The van der Waals surface area contributed by atoms with Crippen molar-refractivity contribution in [3.05, 3.63) is 35.4 Å². The number of aromatic carboxylic acids is 1. The molecule has 5 heteroatoms. The van der Waals surface area contributed by atoms with Crippen LogP contribution in [0.5, 0.6) is 0 Å². The van der Waals surface area contributed by atoms with Crippen molar-refractivity contribution in [2.24, 2.45) is 0 Å². The Morgan fingerprint density at radius 2 is 2.29 bits per heavy atom. The lowest BCUT2D eigenvalue weighted by atomic mass is 10.2. The number of aromatic nitrogens is 1. The fraction of sp³-hybridized carbons (Fsp3) is 0. The van der Waals surface area contributed by atoms with E-state index in [2.05, 4.69) is 4.98 Å². The zero-order chi connectivity index (χ0) is 10.6. The van der Waals surface area contributed by atoms with Gasteiger partial charge in [-0.3, -0.25) is 9.78 Å². The summed E-state index contributed by atoms with van der Waals surface area (Å²) in [5.74, 6) is -2.27. The zero-order valence-corrected chi connectivity index (χ0v) is 6.98. The van der Waals surface area contributed by atoms with Crippen LogP contribution in [0.3, 0.4) is 0 Å². The molecule has 72 valence electrons. The van der Waals surface area contributed by atoms with E-state index in [0.29, 0.717) is 6.29 Å². The minimum atomic E-state index is -1.37. The van der Waals surface area contributed by atoms with E-state index in [4.69, 9.17) is 5.11 Å². The Hall–Kier alpha value is -2.04. The molecule has 0 saturated carbocycles. The van der Waals surface area contributed by atoms with Gasteiger partial charge in [0.05, 0.1) is 17.5 Å². The van der Waals surface area contributed by atoms with E-state index < -0.39 is 17.3 Å². The second kappa shape index (κ2) is 4.27. The van der Waals surface area contributed by atoms with Crippen LogP contribution in [0.15, 0.2) is 18.3 Å². The first-order valence-corrected chi connectivity index (χ1v) is 3.66. The smallest absolute Gasteiger partial charge is 0.338 e. The molecule has 0 aliphatic rings. The summed E-state index contributed by atoms with van der Waals surface area (Å²) in [7, 11) is 0. The minimum absolute atomic E-state index is 0.218. The van der Waals surface area contributed by atoms with Crippen molar-refractivity contribution < 1.29 is 19.1 Å². The third-order valence-electron chi connectivity index (χ3n) is 1.45. The molecular weight excluding hydrogens is 189 g/mol. The first-order chi connectivity index (χ1) is 6.65. The van der Waals surface area contributed by atoms with Gasteiger partial charge >= 0.3 is 5.97 Å². The maximum absolute atomic E-state index is 12.8. The number of carbonyl (C=O) groups is 2. The molecule has 0 aliphatic heterocycles. The van der Waals surface area contributed by atoms with Gasteiger partial charge in [-0.1, -0.05) is 0 Å². The second-order valence-electron chi connectivity index (χ2n) is 2.39. The molecule has 1 rings (SSSR count). The Morgan fingerprint density at radius 3 is 2.86 bits per heavy atom. The molecule has 0 spiro atoms. The SMILES string of the molecule is O=CC=Cc1cc(C(=O)O)c(F)cn1. The number of halogens is 1. The van der Waals surface area contributed by atoms with Gasteiger partial charge in [0.15, 0.2) is 5.82 Å². The Morgan fingerprint density at radius 1 is 1.57 bits per heavy atom. The van der Waals surface area contributed by atoms with Crippen molar-refractivity contribution in [2.45, 2.75) is 0 Å². The highest BCUT2D eigenvalue weighted by atomic mass is 19.1. The molecular formula is C9H6FNO3. The Kier molecular flexibility index (Phi) is 3.06.